The molecule has 7 nitrogen and oxygen atoms in total. The molecule has 0 fully saturated rings. The number of aryl methyl sites for hydroxylation is 1. The topological polar surface area (TPSA) is 97.4 Å². The summed E-state index contributed by atoms with van der Waals surface area (Å²) in [6.45, 7) is 3.48. The van der Waals surface area contributed by atoms with Crippen LogP contribution >= 0.6 is 11.8 Å². The van der Waals surface area contributed by atoms with E-state index in [9.17, 15) is 9.59 Å². The van der Waals surface area contributed by atoms with E-state index in [0.717, 1.165) is 5.56 Å². The standard InChI is InChI=1S/C20H21N3O4S/c1-13-11-17(23-27-13)21-20(25)14(2)28-12-18(24)22-19(16-9-6-10-26-16)15-7-4-3-5-8-15/h3-11,14,19H,12H2,1-2H3,(H,22,24)(H,21,23,25). The summed E-state index contributed by atoms with van der Waals surface area (Å²) in [6, 6.07) is 14.4. The smallest absolute Gasteiger partial charge is 0.238 e. The van der Waals surface area contributed by atoms with Crippen molar-refractivity contribution in [2.45, 2.75) is 25.1 Å². The number of rotatable bonds is 8. The van der Waals surface area contributed by atoms with Crippen LogP contribution in [0.2, 0.25) is 0 Å². The van der Waals surface area contributed by atoms with Crippen molar-refractivity contribution < 1.29 is 18.5 Å². The zero-order valence-corrected chi connectivity index (χ0v) is 16.4. The number of aromatic nitrogens is 1. The van der Waals surface area contributed by atoms with Crippen molar-refractivity contribution >= 4 is 29.4 Å². The highest BCUT2D eigenvalue weighted by molar-refractivity contribution is 8.01. The lowest BCUT2D eigenvalue weighted by molar-refractivity contribution is -0.119. The second-order valence-electron chi connectivity index (χ2n) is 6.19. The van der Waals surface area contributed by atoms with E-state index < -0.39 is 5.25 Å². The number of carbonyl (C=O) groups is 2. The lowest BCUT2D eigenvalue weighted by Gasteiger charge is -2.18. The fourth-order valence-electron chi connectivity index (χ4n) is 2.55. The lowest BCUT2D eigenvalue weighted by atomic mass is 10.0. The van der Waals surface area contributed by atoms with Crippen molar-refractivity contribution in [1.29, 1.82) is 0 Å². The molecule has 0 aliphatic carbocycles. The largest absolute Gasteiger partial charge is 0.467 e. The Hall–Kier alpha value is -3.00. The van der Waals surface area contributed by atoms with Gasteiger partial charge in [-0.05, 0) is 31.5 Å². The van der Waals surface area contributed by atoms with Crippen molar-refractivity contribution in [3.05, 3.63) is 71.9 Å². The first-order valence-corrected chi connectivity index (χ1v) is 9.81. The van der Waals surface area contributed by atoms with Crippen LogP contribution in [0.4, 0.5) is 5.82 Å². The third-order valence-corrected chi connectivity index (χ3v) is 5.12. The van der Waals surface area contributed by atoms with E-state index in [4.69, 9.17) is 8.94 Å². The number of nitrogens with zero attached hydrogens (tertiary/aromatic N) is 1. The molecule has 1 aromatic carbocycles. The summed E-state index contributed by atoms with van der Waals surface area (Å²) in [4.78, 5) is 24.7. The summed E-state index contributed by atoms with van der Waals surface area (Å²) in [7, 11) is 0. The SMILES string of the molecule is Cc1cc(NC(=O)C(C)SCC(=O)NC(c2ccccc2)c2ccco2)no1. The van der Waals surface area contributed by atoms with Gasteiger partial charge in [-0.1, -0.05) is 35.5 Å². The van der Waals surface area contributed by atoms with Crippen LogP contribution < -0.4 is 10.6 Å². The van der Waals surface area contributed by atoms with Crippen molar-refractivity contribution in [3.8, 4) is 0 Å². The number of anilines is 1. The summed E-state index contributed by atoms with van der Waals surface area (Å²) in [5.74, 6) is 1.33. The Morgan fingerprint density at radius 3 is 2.61 bits per heavy atom. The number of nitrogens with one attached hydrogen (secondary N) is 2. The fraction of sp³-hybridized carbons (Fsp3) is 0.250. The quantitative estimate of drug-likeness (QED) is 0.601. The first-order valence-electron chi connectivity index (χ1n) is 8.76. The highest BCUT2D eigenvalue weighted by atomic mass is 32.2. The van der Waals surface area contributed by atoms with Gasteiger partial charge in [-0.15, -0.1) is 11.8 Å². The highest BCUT2D eigenvalue weighted by Gasteiger charge is 2.21. The summed E-state index contributed by atoms with van der Waals surface area (Å²) in [5, 5.41) is 8.93. The second kappa shape index (κ2) is 9.27. The average Bonchev–Trinajstić information content (AvgIpc) is 3.36. The number of amides is 2. The maximum absolute atomic E-state index is 12.5. The normalized spacial score (nSPS) is 12.9. The van der Waals surface area contributed by atoms with E-state index in [-0.39, 0.29) is 23.6 Å². The molecule has 2 atom stereocenters. The third kappa shape index (κ3) is 5.26. The molecule has 0 bridgehead atoms. The second-order valence-corrected chi connectivity index (χ2v) is 7.52. The Labute approximate surface area is 166 Å². The first-order chi connectivity index (χ1) is 13.5. The molecule has 3 aromatic rings. The molecular formula is C20H21N3O4S. The van der Waals surface area contributed by atoms with Gasteiger partial charge in [-0.2, -0.15) is 0 Å². The maximum Gasteiger partial charge on any atom is 0.238 e. The number of furan rings is 1. The van der Waals surface area contributed by atoms with Crippen molar-refractivity contribution in [3.63, 3.8) is 0 Å². The third-order valence-electron chi connectivity index (χ3n) is 3.98. The highest BCUT2D eigenvalue weighted by Crippen LogP contribution is 2.23. The van der Waals surface area contributed by atoms with Gasteiger partial charge in [0.05, 0.1) is 17.3 Å². The van der Waals surface area contributed by atoms with E-state index in [0.29, 0.717) is 17.3 Å². The maximum atomic E-state index is 12.5. The molecule has 2 aromatic heterocycles. The number of hydrogen-bond donors (Lipinski definition) is 2. The van der Waals surface area contributed by atoms with Crippen LogP contribution in [0.5, 0.6) is 0 Å². The van der Waals surface area contributed by atoms with E-state index in [1.54, 1.807) is 32.2 Å². The number of hydrogen-bond acceptors (Lipinski definition) is 6. The molecule has 0 aliphatic heterocycles. The van der Waals surface area contributed by atoms with Crippen molar-refractivity contribution in [2.75, 3.05) is 11.1 Å². The van der Waals surface area contributed by atoms with Crippen LogP contribution in [0.3, 0.4) is 0 Å². The van der Waals surface area contributed by atoms with Gasteiger partial charge in [0, 0.05) is 6.07 Å². The van der Waals surface area contributed by atoms with E-state index in [2.05, 4.69) is 15.8 Å². The summed E-state index contributed by atoms with van der Waals surface area (Å²) in [6.07, 6.45) is 1.57. The molecule has 0 saturated heterocycles. The monoisotopic (exact) mass is 399 g/mol. The first kappa shape index (κ1) is 19.8. The molecule has 2 N–H and O–H groups in total. The molecule has 0 spiro atoms. The Morgan fingerprint density at radius 1 is 1.18 bits per heavy atom. The zero-order chi connectivity index (χ0) is 19.9. The predicted octanol–water partition coefficient (Wildman–Crippen LogP) is 3.54. The van der Waals surface area contributed by atoms with Gasteiger partial charge in [-0.3, -0.25) is 9.59 Å². The zero-order valence-electron chi connectivity index (χ0n) is 15.5. The van der Waals surface area contributed by atoms with Crippen LogP contribution in [-0.4, -0.2) is 28.0 Å². The minimum absolute atomic E-state index is 0.135. The predicted molar refractivity (Wildman–Crippen MR) is 107 cm³/mol. The van der Waals surface area contributed by atoms with Crippen molar-refractivity contribution in [1.82, 2.24) is 10.5 Å². The molecule has 146 valence electrons. The molecule has 2 unspecified atom stereocenters. The van der Waals surface area contributed by atoms with Gasteiger partial charge in [0.1, 0.15) is 17.6 Å². The Kier molecular flexibility index (Phi) is 6.54. The molecule has 0 aliphatic rings. The van der Waals surface area contributed by atoms with E-state index in [1.165, 1.54) is 11.8 Å². The average molecular weight is 399 g/mol. The number of benzene rings is 1. The Balaban J connectivity index is 1.55. The van der Waals surface area contributed by atoms with Gasteiger partial charge in [-0.25, -0.2) is 0 Å². The van der Waals surface area contributed by atoms with Crippen LogP contribution in [-0.2, 0) is 9.59 Å². The summed E-state index contributed by atoms with van der Waals surface area (Å²) >= 11 is 1.24. The van der Waals surface area contributed by atoms with Crippen LogP contribution in [0.15, 0.2) is 63.7 Å². The molecule has 0 radical (unpaired) electrons. The Morgan fingerprint density at radius 2 is 1.96 bits per heavy atom. The Bertz CT molecular complexity index is 909. The summed E-state index contributed by atoms with van der Waals surface area (Å²) in [5.41, 5.74) is 0.919. The minimum atomic E-state index is -0.429. The van der Waals surface area contributed by atoms with Crippen molar-refractivity contribution in [2.24, 2.45) is 0 Å². The minimum Gasteiger partial charge on any atom is -0.467 e. The molecule has 2 heterocycles. The fourth-order valence-corrected chi connectivity index (χ4v) is 3.25. The summed E-state index contributed by atoms with van der Waals surface area (Å²) < 4.78 is 10.4. The van der Waals surface area contributed by atoms with Crippen LogP contribution in [0.25, 0.3) is 0 Å². The van der Waals surface area contributed by atoms with Gasteiger partial charge in [0.25, 0.3) is 0 Å². The molecule has 8 heteroatoms. The van der Waals surface area contributed by atoms with Gasteiger partial charge in [0.15, 0.2) is 5.82 Å². The number of thioether (sulfide) groups is 1. The molecule has 2 amide bonds. The van der Waals surface area contributed by atoms with Crippen LogP contribution in [0, 0.1) is 6.92 Å². The molecular weight excluding hydrogens is 378 g/mol. The van der Waals surface area contributed by atoms with Gasteiger partial charge in [0.2, 0.25) is 11.8 Å². The molecule has 0 saturated carbocycles. The molecule has 28 heavy (non-hydrogen) atoms. The van der Waals surface area contributed by atoms with Gasteiger partial charge >= 0.3 is 0 Å². The van der Waals surface area contributed by atoms with E-state index in [1.807, 2.05) is 36.4 Å². The van der Waals surface area contributed by atoms with Gasteiger partial charge < -0.3 is 19.6 Å². The van der Waals surface area contributed by atoms with E-state index >= 15 is 0 Å². The van der Waals surface area contributed by atoms with Crippen LogP contribution in [0.1, 0.15) is 30.0 Å². The molecule has 3 rings (SSSR count). The lowest BCUT2D eigenvalue weighted by Crippen LogP contribution is -2.32. The number of carbonyl (C=O) groups excluding carboxylic acids is 2.